The van der Waals surface area contributed by atoms with E-state index < -0.39 is 0 Å². The van der Waals surface area contributed by atoms with Gasteiger partial charge in [-0.1, -0.05) is 29.8 Å². The molecule has 6 nitrogen and oxygen atoms in total. The Labute approximate surface area is 170 Å². The van der Waals surface area contributed by atoms with E-state index in [-0.39, 0.29) is 0 Å². The Morgan fingerprint density at radius 3 is 2.50 bits per heavy atom. The van der Waals surface area contributed by atoms with Crippen LogP contribution in [0.2, 0.25) is 5.02 Å². The lowest BCUT2D eigenvalue weighted by atomic mass is 10.1. The maximum absolute atomic E-state index is 6.27. The predicted octanol–water partition coefficient (Wildman–Crippen LogP) is 5.31. The molecule has 0 unspecified atom stereocenters. The molecule has 1 fully saturated rings. The zero-order valence-electron chi connectivity index (χ0n) is 15.8. The molecule has 1 aliphatic heterocycles. The van der Waals surface area contributed by atoms with Crippen LogP contribution in [0.3, 0.4) is 0 Å². The van der Waals surface area contributed by atoms with Gasteiger partial charge >= 0.3 is 0 Å². The molecule has 28 heavy (non-hydrogen) atoms. The molecule has 0 amide bonds. The first-order valence-corrected chi connectivity index (χ1v) is 9.90. The smallest absolute Gasteiger partial charge is 0.230 e. The van der Waals surface area contributed by atoms with Gasteiger partial charge in [0.05, 0.1) is 18.1 Å². The standard InChI is InChI=1S/C21H23ClN6/c1-15-7-3-4-8-18(15)25-20-17(22)14-24-21(27-20)26-19-10-9-16(13-23-19)28-11-5-2-6-12-28/h3-4,7-10,13-14H,2,5-6,11-12H2,1H3,(H2,23,24,25,26,27). The molecule has 144 valence electrons. The minimum Gasteiger partial charge on any atom is -0.370 e. The van der Waals surface area contributed by atoms with Gasteiger partial charge in [-0.05, 0) is 49.9 Å². The molecule has 0 saturated carbocycles. The fourth-order valence-corrected chi connectivity index (χ4v) is 3.41. The number of pyridine rings is 1. The Morgan fingerprint density at radius 2 is 1.75 bits per heavy atom. The average molecular weight is 395 g/mol. The zero-order valence-corrected chi connectivity index (χ0v) is 16.6. The van der Waals surface area contributed by atoms with Crippen LogP contribution >= 0.6 is 11.6 Å². The highest BCUT2D eigenvalue weighted by Gasteiger charge is 2.12. The summed E-state index contributed by atoms with van der Waals surface area (Å²) in [6.45, 7) is 4.23. The van der Waals surface area contributed by atoms with Gasteiger partial charge in [-0.2, -0.15) is 4.98 Å². The van der Waals surface area contributed by atoms with Gasteiger partial charge in [0.15, 0.2) is 5.82 Å². The summed E-state index contributed by atoms with van der Waals surface area (Å²) in [5.74, 6) is 1.70. The van der Waals surface area contributed by atoms with Crippen LogP contribution in [-0.4, -0.2) is 28.0 Å². The predicted molar refractivity (Wildman–Crippen MR) is 115 cm³/mol. The second-order valence-corrected chi connectivity index (χ2v) is 7.31. The van der Waals surface area contributed by atoms with Crippen molar-refractivity contribution in [3.63, 3.8) is 0 Å². The Morgan fingerprint density at radius 1 is 0.929 bits per heavy atom. The second-order valence-electron chi connectivity index (χ2n) is 6.90. The number of aromatic nitrogens is 3. The Bertz CT molecular complexity index is 938. The molecule has 1 saturated heterocycles. The van der Waals surface area contributed by atoms with Gasteiger partial charge in [-0.15, -0.1) is 0 Å². The van der Waals surface area contributed by atoms with Gasteiger partial charge in [0.2, 0.25) is 5.95 Å². The molecule has 2 aromatic heterocycles. The number of rotatable bonds is 5. The number of benzene rings is 1. The Balaban J connectivity index is 1.48. The first kappa shape index (κ1) is 18.5. The van der Waals surface area contributed by atoms with E-state index in [1.54, 1.807) is 6.20 Å². The van der Waals surface area contributed by atoms with Crippen LogP contribution in [0.1, 0.15) is 24.8 Å². The van der Waals surface area contributed by atoms with Gasteiger partial charge in [-0.3, -0.25) is 0 Å². The van der Waals surface area contributed by atoms with E-state index in [0.717, 1.165) is 30.0 Å². The molecule has 1 aromatic carbocycles. The highest BCUT2D eigenvalue weighted by molar-refractivity contribution is 6.32. The lowest BCUT2D eigenvalue weighted by molar-refractivity contribution is 0.577. The molecule has 0 aliphatic carbocycles. The summed E-state index contributed by atoms with van der Waals surface area (Å²) in [4.78, 5) is 15.7. The van der Waals surface area contributed by atoms with Crippen molar-refractivity contribution < 1.29 is 0 Å². The number of nitrogens with one attached hydrogen (secondary N) is 2. The molecule has 4 rings (SSSR count). The van der Waals surface area contributed by atoms with E-state index in [2.05, 4.69) is 36.6 Å². The third-order valence-electron chi connectivity index (χ3n) is 4.85. The van der Waals surface area contributed by atoms with E-state index in [4.69, 9.17) is 11.6 Å². The van der Waals surface area contributed by atoms with Crippen molar-refractivity contribution in [1.82, 2.24) is 15.0 Å². The van der Waals surface area contributed by atoms with Crippen molar-refractivity contribution in [3.05, 3.63) is 59.4 Å². The van der Waals surface area contributed by atoms with Gasteiger partial charge in [0.1, 0.15) is 10.8 Å². The molecule has 0 bridgehead atoms. The maximum Gasteiger partial charge on any atom is 0.230 e. The van der Waals surface area contributed by atoms with E-state index >= 15 is 0 Å². The summed E-state index contributed by atoms with van der Waals surface area (Å²) < 4.78 is 0. The number of hydrogen-bond acceptors (Lipinski definition) is 6. The Kier molecular flexibility index (Phi) is 5.58. The number of nitrogens with zero attached hydrogens (tertiary/aromatic N) is 4. The van der Waals surface area contributed by atoms with Crippen LogP contribution in [0.5, 0.6) is 0 Å². The number of anilines is 5. The summed E-state index contributed by atoms with van der Waals surface area (Å²) in [5.41, 5.74) is 3.23. The molecule has 0 atom stereocenters. The normalized spacial score (nSPS) is 14.0. The van der Waals surface area contributed by atoms with Crippen LogP contribution in [-0.2, 0) is 0 Å². The first-order chi connectivity index (χ1) is 13.7. The van der Waals surface area contributed by atoms with Crippen molar-refractivity contribution >= 4 is 40.6 Å². The van der Waals surface area contributed by atoms with Crippen molar-refractivity contribution in [2.45, 2.75) is 26.2 Å². The third kappa shape index (κ3) is 4.34. The summed E-state index contributed by atoms with van der Waals surface area (Å²) >= 11 is 6.27. The topological polar surface area (TPSA) is 66.0 Å². The molecular weight excluding hydrogens is 372 g/mol. The zero-order chi connectivity index (χ0) is 19.3. The fourth-order valence-electron chi connectivity index (χ4n) is 3.27. The number of aryl methyl sites for hydroxylation is 1. The minimum absolute atomic E-state index is 0.443. The average Bonchev–Trinajstić information content (AvgIpc) is 2.73. The number of hydrogen-bond donors (Lipinski definition) is 2. The quantitative estimate of drug-likeness (QED) is 0.611. The van der Waals surface area contributed by atoms with Crippen LogP contribution in [0.15, 0.2) is 48.8 Å². The van der Waals surface area contributed by atoms with Gasteiger partial charge in [0.25, 0.3) is 0 Å². The van der Waals surface area contributed by atoms with Crippen molar-refractivity contribution in [1.29, 1.82) is 0 Å². The minimum atomic E-state index is 0.443. The van der Waals surface area contributed by atoms with Crippen molar-refractivity contribution in [2.75, 3.05) is 28.6 Å². The molecule has 2 N–H and O–H groups in total. The lowest BCUT2D eigenvalue weighted by Gasteiger charge is -2.28. The largest absolute Gasteiger partial charge is 0.370 e. The van der Waals surface area contributed by atoms with Gasteiger partial charge in [-0.25, -0.2) is 9.97 Å². The summed E-state index contributed by atoms with van der Waals surface area (Å²) in [7, 11) is 0. The van der Waals surface area contributed by atoms with Gasteiger partial charge in [0, 0.05) is 18.8 Å². The lowest BCUT2D eigenvalue weighted by Crippen LogP contribution is -2.29. The summed E-state index contributed by atoms with van der Waals surface area (Å²) in [6, 6.07) is 12.0. The number of para-hydroxylation sites is 1. The molecular formula is C21H23ClN6. The van der Waals surface area contributed by atoms with E-state index in [0.29, 0.717) is 22.6 Å². The first-order valence-electron chi connectivity index (χ1n) is 9.52. The van der Waals surface area contributed by atoms with Crippen LogP contribution < -0.4 is 15.5 Å². The maximum atomic E-state index is 6.27. The van der Waals surface area contributed by atoms with Crippen LogP contribution in [0.4, 0.5) is 29.0 Å². The van der Waals surface area contributed by atoms with Crippen molar-refractivity contribution in [2.24, 2.45) is 0 Å². The molecule has 7 heteroatoms. The van der Waals surface area contributed by atoms with Crippen molar-refractivity contribution in [3.8, 4) is 0 Å². The van der Waals surface area contributed by atoms with E-state index in [1.165, 1.54) is 19.3 Å². The summed E-state index contributed by atoms with van der Waals surface area (Å²) in [6.07, 6.45) is 7.29. The number of halogens is 1. The molecule has 3 heterocycles. The highest BCUT2D eigenvalue weighted by Crippen LogP contribution is 2.26. The molecule has 0 spiro atoms. The van der Waals surface area contributed by atoms with E-state index in [1.807, 2.05) is 43.5 Å². The summed E-state index contributed by atoms with van der Waals surface area (Å²) in [5, 5.41) is 6.88. The molecule has 3 aromatic rings. The highest BCUT2D eigenvalue weighted by atomic mass is 35.5. The number of piperidine rings is 1. The van der Waals surface area contributed by atoms with E-state index in [9.17, 15) is 0 Å². The Hall–Kier alpha value is -2.86. The molecule has 0 radical (unpaired) electrons. The fraction of sp³-hybridized carbons (Fsp3) is 0.286. The van der Waals surface area contributed by atoms with Crippen LogP contribution in [0.25, 0.3) is 0 Å². The monoisotopic (exact) mass is 394 g/mol. The SMILES string of the molecule is Cc1ccccc1Nc1nc(Nc2ccc(N3CCCCC3)cn2)ncc1Cl. The van der Waals surface area contributed by atoms with Crippen LogP contribution in [0, 0.1) is 6.92 Å². The second kappa shape index (κ2) is 8.44. The molecule has 1 aliphatic rings. The third-order valence-corrected chi connectivity index (χ3v) is 5.13. The van der Waals surface area contributed by atoms with Gasteiger partial charge < -0.3 is 15.5 Å².